The van der Waals surface area contributed by atoms with Crippen LogP contribution < -0.4 is 5.73 Å². The highest BCUT2D eigenvalue weighted by atomic mass is 31.2. The van der Waals surface area contributed by atoms with E-state index in [4.69, 9.17) is 24.8 Å². The maximum absolute atomic E-state index is 12.6. The second kappa shape index (κ2) is 37.9. The van der Waals surface area contributed by atoms with Crippen molar-refractivity contribution >= 4 is 25.7 Å². The van der Waals surface area contributed by atoms with Gasteiger partial charge in [0.15, 0.2) is 6.10 Å². The summed E-state index contributed by atoms with van der Waals surface area (Å²) in [5.74, 6) is -2.44. The molecule has 0 aromatic rings. The Morgan fingerprint density at radius 3 is 1.48 bits per heavy atom. The Labute approximate surface area is 328 Å². The second-order valence-electron chi connectivity index (χ2n) is 14.5. The lowest BCUT2D eigenvalue weighted by atomic mass is 10.1. The van der Waals surface area contributed by atoms with Crippen molar-refractivity contribution in [3.8, 4) is 0 Å². The summed E-state index contributed by atoms with van der Waals surface area (Å²) in [6.07, 6.45) is 38.2. The maximum atomic E-state index is 12.6. The molecule has 0 spiro atoms. The van der Waals surface area contributed by atoms with Crippen LogP contribution in [-0.2, 0) is 37.5 Å². The standard InChI is InChI=1S/C42H78NO10P/c1-3-5-7-9-11-13-15-17-19-21-23-25-27-29-31-33-40(44)50-35-38(36-51-54(48,49)52-37-39(43)42(46)47)53-41(45)34-32-30-28-26-24-22-20-18-16-14-12-10-8-6-4-2/h10,12,27,29,38-39H,3-9,11,13-26,28,30-37,43H2,1-2H3,(H,46,47)(H,48,49)/b12-10+,29-27+/t38-,39+/m1/s1. The molecule has 4 N–H and O–H groups in total. The number of hydrogen-bond donors (Lipinski definition) is 3. The Morgan fingerprint density at radius 1 is 0.556 bits per heavy atom. The monoisotopic (exact) mass is 788 g/mol. The van der Waals surface area contributed by atoms with Gasteiger partial charge in [-0.25, -0.2) is 4.57 Å². The fraction of sp³-hybridized carbons (Fsp3) is 0.833. The Bertz CT molecular complexity index is 1020. The van der Waals surface area contributed by atoms with Gasteiger partial charge in [-0.3, -0.25) is 23.4 Å². The zero-order valence-electron chi connectivity index (χ0n) is 34.1. The minimum absolute atomic E-state index is 0.140. The molecule has 0 saturated heterocycles. The number of ether oxygens (including phenoxy) is 2. The van der Waals surface area contributed by atoms with E-state index in [1.165, 1.54) is 122 Å². The first-order valence-electron chi connectivity index (χ1n) is 21.4. The topological polar surface area (TPSA) is 172 Å². The van der Waals surface area contributed by atoms with Crippen LogP contribution in [-0.4, -0.2) is 59.9 Å². The molecule has 0 aliphatic heterocycles. The highest BCUT2D eigenvalue weighted by Crippen LogP contribution is 2.43. The quantitative estimate of drug-likeness (QED) is 0.0233. The van der Waals surface area contributed by atoms with Gasteiger partial charge >= 0.3 is 25.7 Å². The Morgan fingerprint density at radius 2 is 0.981 bits per heavy atom. The number of hydrogen-bond acceptors (Lipinski definition) is 9. The van der Waals surface area contributed by atoms with Crippen molar-refractivity contribution in [1.29, 1.82) is 0 Å². The van der Waals surface area contributed by atoms with E-state index in [1.54, 1.807) is 0 Å². The van der Waals surface area contributed by atoms with Gasteiger partial charge in [-0.2, -0.15) is 0 Å². The molecule has 54 heavy (non-hydrogen) atoms. The lowest BCUT2D eigenvalue weighted by Crippen LogP contribution is -2.34. The van der Waals surface area contributed by atoms with Crippen molar-refractivity contribution < 1.29 is 47.5 Å². The lowest BCUT2D eigenvalue weighted by Gasteiger charge is -2.20. The van der Waals surface area contributed by atoms with Gasteiger partial charge in [0, 0.05) is 12.8 Å². The molecule has 12 heteroatoms. The van der Waals surface area contributed by atoms with Gasteiger partial charge in [-0.1, -0.05) is 160 Å². The van der Waals surface area contributed by atoms with Gasteiger partial charge in [-0.15, -0.1) is 0 Å². The number of phosphoric acid groups is 1. The molecule has 0 aliphatic rings. The van der Waals surface area contributed by atoms with Gasteiger partial charge in [-0.05, 0) is 44.9 Å². The zero-order valence-corrected chi connectivity index (χ0v) is 35.0. The van der Waals surface area contributed by atoms with Crippen molar-refractivity contribution in [2.24, 2.45) is 5.73 Å². The first-order chi connectivity index (χ1) is 26.1. The molecular formula is C42H78NO10P. The summed E-state index contributed by atoms with van der Waals surface area (Å²) in [7, 11) is -4.72. The van der Waals surface area contributed by atoms with Crippen molar-refractivity contribution in [2.75, 3.05) is 19.8 Å². The summed E-state index contributed by atoms with van der Waals surface area (Å²) < 4.78 is 32.6. The van der Waals surface area contributed by atoms with Gasteiger partial charge in [0.25, 0.3) is 0 Å². The number of nitrogens with two attached hydrogens (primary N) is 1. The van der Waals surface area contributed by atoms with E-state index < -0.39 is 51.1 Å². The summed E-state index contributed by atoms with van der Waals surface area (Å²) in [4.78, 5) is 45.9. The van der Waals surface area contributed by atoms with E-state index in [-0.39, 0.29) is 19.4 Å². The number of phosphoric ester groups is 1. The van der Waals surface area contributed by atoms with Crippen molar-refractivity contribution in [3.05, 3.63) is 24.3 Å². The van der Waals surface area contributed by atoms with E-state index in [0.717, 1.165) is 32.1 Å². The number of allylic oxidation sites excluding steroid dienone is 4. The highest BCUT2D eigenvalue weighted by Gasteiger charge is 2.28. The molecule has 0 aromatic heterocycles. The van der Waals surface area contributed by atoms with Crippen LogP contribution in [0.2, 0.25) is 0 Å². The predicted molar refractivity (Wildman–Crippen MR) is 217 cm³/mol. The first-order valence-corrected chi connectivity index (χ1v) is 22.9. The predicted octanol–water partition coefficient (Wildman–Crippen LogP) is 11.1. The first kappa shape index (κ1) is 52.0. The van der Waals surface area contributed by atoms with Crippen LogP contribution in [0.4, 0.5) is 0 Å². The van der Waals surface area contributed by atoms with Crippen LogP contribution in [0.25, 0.3) is 0 Å². The molecule has 0 saturated carbocycles. The molecule has 0 radical (unpaired) electrons. The van der Waals surface area contributed by atoms with Crippen LogP contribution in [0.5, 0.6) is 0 Å². The lowest BCUT2D eigenvalue weighted by molar-refractivity contribution is -0.161. The summed E-state index contributed by atoms with van der Waals surface area (Å²) in [5.41, 5.74) is 5.33. The third-order valence-corrected chi connectivity index (χ3v) is 10.1. The van der Waals surface area contributed by atoms with Crippen molar-refractivity contribution in [1.82, 2.24) is 0 Å². The smallest absolute Gasteiger partial charge is 0.472 e. The van der Waals surface area contributed by atoms with E-state index in [1.807, 2.05) is 6.08 Å². The molecule has 0 aromatic carbocycles. The summed E-state index contributed by atoms with van der Waals surface area (Å²) >= 11 is 0. The van der Waals surface area contributed by atoms with E-state index in [2.05, 4.69) is 36.6 Å². The molecule has 0 fully saturated rings. The summed E-state index contributed by atoms with van der Waals surface area (Å²) in [6.45, 7) is 2.74. The minimum atomic E-state index is -4.72. The van der Waals surface area contributed by atoms with Crippen LogP contribution in [0.15, 0.2) is 24.3 Å². The van der Waals surface area contributed by atoms with E-state index in [0.29, 0.717) is 12.8 Å². The normalized spacial score (nSPS) is 14.0. The van der Waals surface area contributed by atoms with Crippen molar-refractivity contribution in [3.63, 3.8) is 0 Å². The number of carbonyl (C=O) groups excluding carboxylic acids is 2. The SMILES string of the molecule is CCCC/C=C/CCCCCCCCCCCC(=O)O[C@H](COC(=O)CC/C=C/CCCCCCCCCCCCC)COP(=O)(O)OC[C@H](N)C(=O)O. The zero-order chi connectivity index (χ0) is 40.0. The Hall–Kier alpha value is -2.04. The molecule has 0 aliphatic carbocycles. The van der Waals surface area contributed by atoms with Crippen LogP contribution >= 0.6 is 7.82 Å². The molecule has 0 rings (SSSR count). The van der Waals surface area contributed by atoms with E-state index in [9.17, 15) is 23.8 Å². The molecule has 316 valence electrons. The van der Waals surface area contributed by atoms with Gasteiger partial charge < -0.3 is 25.2 Å². The summed E-state index contributed by atoms with van der Waals surface area (Å²) in [5, 5.41) is 8.88. The molecule has 0 heterocycles. The second-order valence-corrected chi connectivity index (χ2v) is 15.9. The molecule has 0 amide bonds. The van der Waals surface area contributed by atoms with Gasteiger partial charge in [0.05, 0.1) is 13.2 Å². The number of carbonyl (C=O) groups is 3. The maximum Gasteiger partial charge on any atom is 0.472 e. The van der Waals surface area contributed by atoms with Crippen LogP contribution in [0.1, 0.15) is 194 Å². The number of esters is 2. The van der Waals surface area contributed by atoms with Gasteiger partial charge in [0.2, 0.25) is 0 Å². The fourth-order valence-corrected chi connectivity index (χ4v) is 6.55. The molecule has 11 nitrogen and oxygen atoms in total. The van der Waals surface area contributed by atoms with Crippen LogP contribution in [0.3, 0.4) is 0 Å². The average Bonchev–Trinajstić information content (AvgIpc) is 3.14. The summed E-state index contributed by atoms with van der Waals surface area (Å²) in [6, 6.07) is -1.52. The number of carboxylic acids is 1. The Kier molecular flexibility index (Phi) is 36.4. The highest BCUT2D eigenvalue weighted by molar-refractivity contribution is 7.47. The van der Waals surface area contributed by atoms with Crippen LogP contribution in [0, 0.1) is 0 Å². The van der Waals surface area contributed by atoms with Crippen molar-refractivity contribution in [2.45, 2.75) is 206 Å². The van der Waals surface area contributed by atoms with Gasteiger partial charge in [0.1, 0.15) is 12.6 Å². The molecular weight excluding hydrogens is 709 g/mol. The number of aliphatic carboxylic acids is 1. The number of carboxylic acid groups (broad SMARTS) is 1. The molecule has 1 unspecified atom stereocenters. The minimum Gasteiger partial charge on any atom is -0.480 e. The largest absolute Gasteiger partial charge is 0.480 e. The molecule has 3 atom stereocenters. The number of unbranched alkanes of at least 4 members (excludes halogenated alkanes) is 22. The fourth-order valence-electron chi connectivity index (χ4n) is 5.77. The third-order valence-electron chi connectivity index (χ3n) is 9.19. The third kappa shape index (κ3) is 36.9. The Balaban J connectivity index is 4.40. The average molecular weight is 788 g/mol. The molecule has 0 bridgehead atoms. The van der Waals surface area contributed by atoms with E-state index >= 15 is 0 Å². The number of rotatable bonds is 40.